The lowest BCUT2D eigenvalue weighted by molar-refractivity contribution is -0.107. The first-order chi connectivity index (χ1) is 11.2. The molecule has 0 bridgehead atoms. The average Bonchev–Trinajstić information content (AvgIpc) is 2.55. The predicted molar refractivity (Wildman–Crippen MR) is 90.9 cm³/mol. The Morgan fingerprint density at radius 2 is 1.39 bits per heavy atom. The molecule has 0 aromatic rings. The molecule has 2 atom stereocenters. The van der Waals surface area contributed by atoms with Gasteiger partial charge in [-0.1, -0.05) is 49.3 Å². The molecule has 0 rings (SSSR count). The summed E-state index contributed by atoms with van der Waals surface area (Å²) in [5.41, 5.74) is 17.5. The van der Waals surface area contributed by atoms with Gasteiger partial charge in [0, 0.05) is 36.1 Å². The molecular weight excluding hydrogens is 296 g/mol. The van der Waals surface area contributed by atoms with Gasteiger partial charge in [-0.25, -0.2) is 0 Å². The molecule has 0 spiro atoms. The molecule has 0 N–H and O–H groups in total. The minimum absolute atomic E-state index is 0.124. The Bertz CT molecular complexity index is 376. The second-order valence-corrected chi connectivity index (χ2v) is 5.63. The van der Waals surface area contributed by atoms with Gasteiger partial charge in [0.25, 0.3) is 0 Å². The summed E-state index contributed by atoms with van der Waals surface area (Å²) in [4.78, 5) is 5.84. The van der Waals surface area contributed by atoms with Crippen molar-refractivity contribution in [2.24, 2.45) is 10.2 Å². The normalized spacial score (nSPS) is 13.2. The number of rotatable bonds is 15. The molecule has 132 valence electrons. The van der Waals surface area contributed by atoms with E-state index in [1.54, 1.807) is 14.2 Å². The maximum Gasteiger partial charge on any atom is 0.156 e. The lowest BCUT2D eigenvalue weighted by atomic mass is 9.98. The standard InChI is InChI=1S/C15H30N6O2/c1-4-5-6-7-8-9-13(18-20-16)12-14(19-21-17)10-11-15(22-2)23-3/h13-15H,4-12H2,1-3H3/t13-,14+/m1/s1. The van der Waals surface area contributed by atoms with Crippen LogP contribution < -0.4 is 0 Å². The topological polar surface area (TPSA) is 116 Å². The van der Waals surface area contributed by atoms with Crippen LogP contribution in [0.2, 0.25) is 0 Å². The van der Waals surface area contributed by atoms with Crippen molar-refractivity contribution in [1.29, 1.82) is 0 Å². The highest BCUT2D eigenvalue weighted by Gasteiger charge is 2.16. The number of ether oxygens (including phenoxy) is 2. The van der Waals surface area contributed by atoms with Gasteiger partial charge in [-0.05, 0) is 36.7 Å². The molecule has 0 aliphatic rings. The fraction of sp³-hybridized carbons (Fsp3) is 1.00. The third-order valence-corrected chi connectivity index (χ3v) is 3.88. The summed E-state index contributed by atoms with van der Waals surface area (Å²) >= 11 is 0. The molecule has 0 aliphatic heterocycles. The highest BCUT2D eigenvalue weighted by molar-refractivity contribution is 4.77. The first-order valence-corrected chi connectivity index (χ1v) is 8.35. The van der Waals surface area contributed by atoms with E-state index in [0.717, 1.165) is 19.3 Å². The summed E-state index contributed by atoms with van der Waals surface area (Å²) in [6.07, 6.45) is 8.21. The van der Waals surface area contributed by atoms with Gasteiger partial charge in [0.2, 0.25) is 0 Å². The second kappa shape index (κ2) is 15.4. The average molecular weight is 326 g/mol. The number of nitrogens with zero attached hydrogens (tertiary/aromatic N) is 6. The number of hydrogen-bond acceptors (Lipinski definition) is 4. The van der Waals surface area contributed by atoms with Gasteiger partial charge < -0.3 is 9.47 Å². The monoisotopic (exact) mass is 326 g/mol. The van der Waals surface area contributed by atoms with Crippen molar-refractivity contribution in [2.75, 3.05) is 14.2 Å². The maximum absolute atomic E-state index is 8.73. The number of hydrogen-bond donors (Lipinski definition) is 0. The first kappa shape index (κ1) is 21.5. The van der Waals surface area contributed by atoms with Crippen LogP contribution in [0.1, 0.15) is 64.7 Å². The largest absolute Gasteiger partial charge is 0.356 e. The Labute approximate surface area is 138 Å². The van der Waals surface area contributed by atoms with Gasteiger partial charge in [0.05, 0.1) is 0 Å². The molecule has 0 amide bonds. The van der Waals surface area contributed by atoms with Gasteiger partial charge in [-0.15, -0.1) is 0 Å². The third kappa shape index (κ3) is 11.7. The molecule has 8 heteroatoms. The van der Waals surface area contributed by atoms with Crippen LogP contribution in [0.3, 0.4) is 0 Å². The second-order valence-electron chi connectivity index (χ2n) is 5.63. The van der Waals surface area contributed by atoms with Gasteiger partial charge in [-0.2, -0.15) is 0 Å². The van der Waals surface area contributed by atoms with E-state index in [4.69, 9.17) is 20.5 Å². The molecule has 0 aromatic heterocycles. The molecule has 0 aromatic carbocycles. The van der Waals surface area contributed by atoms with Gasteiger partial charge in [0.1, 0.15) is 0 Å². The zero-order chi connectivity index (χ0) is 17.3. The predicted octanol–water partition coefficient (Wildman–Crippen LogP) is 5.49. The third-order valence-electron chi connectivity index (χ3n) is 3.88. The molecule has 0 saturated heterocycles. The van der Waals surface area contributed by atoms with E-state index in [2.05, 4.69) is 27.0 Å². The summed E-state index contributed by atoms with van der Waals surface area (Å²) in [6.45, 7) is 2.18. The van der Waals surface area contributed by atoms with Gasteiger partial charge in [-0.3, -0.25) is 0 Å². The van der Waals surface area contributed by atoms with E-state index >= 15 is 0 Å². The Morgan fingerprint density at radius 3 is 1.91 bits per heavy atom. The van der Waals surface area contributed by atoms with Crippen LogP contribution in [0, 0.1) is 0 Å². The van der Waals surface area contributed by atoms with Crippen LogP contribution in [0.15, 0.2) is 10.2 Å². The molecule has 0 saturated carbocycles. The lowest BCUT2D eigenvalue weighted by Crippen LogP contribution is -2.19. The lowest BCUT2D eigenvalue weighted by Gasteiger charge is -2.19. The molecule has 0 unspecified atom stereocenters. The zero-order valence-electron chi connectivity index (χ0n) is 14.6. The summed E-state index contributed by atoms with van der Waals surface area (Å²) < 4.78 is 10.3. The Balaban J connectivity index is 4.39. The zero-order valence-corrected chi connectivity index (χ0v) is 14.6. The minimum Gasteiger partial charge on any atom is -0.356 e. The smallest absolute Gasteiger partial charge is 0.156 e. The van der Waals surface area contributed by atoms with Crippen molar-refractivity contribution >= 4 is 0 Å². The van der Waals surface area contributed by atoms with Crippen LogP contribution in [0.25, 0.3) is 20.9 Å². The van der Waals surface area contributed by atoms with E-state index in [9.17, 15) is 0 Å². The quantitative estimate of drug-likeness (QED) is 0.130. The van der Waals surface area contributed by atoms with Crippen molar-refractivity contribution in [3.8, 4) is 0 Å². The van der Waals surface area contributed by atoms with E-state index in [1.165, 1.54) is 19.3 Å². The van der Waals surface area contributed by atoms with Crippen LogP contribution in [-0.4, -0.2) is 32.6 Å². The summed E-state index contributed by atoms with van der Waals surface area (Å²) in [5.74, 6) is 0. The van der Waals surface area contributed by atoms with Gasteiger partial charge >= 0.3 is 0 Å². The van der Waals surface area contributed by atoms with E-state index in [-0.39, 0.29) is 18.4 Å². The Kier molecular flexibility index (Phi) is 14.5. The van der Waals surface area contributed by atoms with Crippen molar-refractivity contribution in [3.05, 3.63) is 20.9 Å². The van der Waals surface area contributed by atoms with Crippen molar-refractivity contribution in [2.45, 2.75) is 83.1 Å². The number of methoxy groups -OCH3 is 2. The number of unbranched alkanes of at least 4 members (excludes halogenated alkanes) is 4. The van der Waals surface area contributed by atoms with E-state index < -0.39 is 0 Å². The minimum atomic E-state index is -0.307. The molecule has 23 heavy (non-hydrogen) atoms. The SMILES string of the molecule is CCCCCCC[C@H](C[C@H](CCC(OC)OC)N=[N+]=[N-])N=[N+]=[N-]. The first-order valence-electron chi connectivity index (χ1n) is 8.35. The molecule has 0 heterocycles. The molecule has 0 radical (unpaired) electrons. The highest BCUT2D eigenvalue weighted by Crippen LogP contribution is 2.19. The van der Waals surface area contributed by atoms with Crippen LogP contribution in [0.5, 0.6) is 0 Å². The molecular formula is C15H30N6O2. The highest BCUT2D eigenvalue weighted by atomic mass is 16.7. The summed E-state index contributed by atoms with van der Waals surface area (Å²) in [5, 5.41) is 7.70. The summed E-state index contributed by atoms with van der Waals surface area (Å²) in [7, 11) is 3.16. The molecule has 0 aliphatic carbocycles. The van der Waals surface area contributed by atoms with Crippen molar-refractivity contribution in [3.63, 3.8) is 0 Å². The Morgan fingerprint density at radius 1 is 0.826 bits per heavy atom. The fourth-order valence-corrected chi connectivity index (χ4v) is 2.55. The number of azide groups is 2. The molecule has 8 nitrogen and oxygen atoms in total. The van der Waals surface area contributed by atoms with Crippen LogP contribution in [-0.2, 0) is 9.47 Å². The van der Waals surface area contributed by atoms with Crippen LogP contribution >= 0.6 is 0 Å². The maximum atomic E-state index is 8.73. The van der Waals surface area contributed by atoms with Gasteiger partial charge in [0.15, 0.2) is 6.29 Å². The fourth-order valence-electron chi connectivity index (χ4n) is 2.55. The Hall–Kier alpha value is -1.46. The summed E-state index contributed by atoms with van der Waals surface area (Å²) in [6, 6.07) is -0.334. The molecule has 0 fully saturated rings. The van der Waals surface area contributed by atoms with Crippen molar-refractivity contribution in [1.82, 2.24) is 0 Å². The van der Waals surface area contributed by atoms with E-state index in [1.807, 2.05) is 0 Å². The van der Waals surface area contributed by atoms with E-state index in [0.29, 0.717) is 19.3 Å². The van der Waals surface area contributed by atoms with Crippen LogP contribution in [0.4, 0.5) is 0 Å². The van der Waals surface area contributed by atoms with Crippen molar-refractivity contribution < 1.29 is 9.47 Å².